The largest absolute Gasteiger partial charge is 0.396 e. The molecule has 17 heavy (non-hydrogen) atoms. The molecule has 0 saturated heterocycles. The molecule has 1 aromatic rings. The molecule has 0 fully saturated rings. The first-order valence-electron chi connectivity index (χ1n) is 6.04. The van der Waals surface area contributed by atoms with E-state index in [0.29, 0.717) is 12.0 Å². The third kappa shape index (κ3) is 5.52. The second-order valence-electron chi connectivity index (χ2n) is 4.60. The molecule has 4 heteroatoms. The smallest absolute Gasteiger partial charge is 0.100 e. The summed E-state index contributed by atoms with van der Waals surface area (Å²) in [6.45, 7) is 7.40. The molecule has 0 saturated carbocycles. The Morgan fingerprint density at radius 2 is 2.18 bits per heavy atom. The lowest BCUT2D eigenvalue weighted by atomic mass is 10.2. The number of hydrogen-bond acceptors (Lipinski definition) is 4. The summed E-state index contributed by atoms with van der Waals surface area (Å²) >= 11 is 1.72. The molecule has 0 amide bonds. The van der Waals surface area contributed by atoms with Crippen LogP contribution in [-0.4, -0.2) is 28.5 Å². The second-order valence-corrected chi connectivity index (χ2v) is 5.61. The van der Waals surface area contributed by atoms with E-state index in [1.165, 1.54) is 5.56 Å². The fourth-order valence-electron chi connectivity index (χ4n) is 1.28. The molecule has 0 aliphatic carbocycles. The van der Waals surface area contributed by atoms with E-state index in [2.05, 4.69) is 30.2 Å². The first-order chi connectivity index (χ1) is 8.13. The summed E-state index contributed by atoms with van der Waals surface area (Å²) in [7, 11) is 0. The number of nitrogens with zero attached hydrogens (tertiary/aromatic N) is 1. The molecule has 1 unspecified atom stereocenters. The van der Waals surface area contributed by atoms with Crippen LogP contribution in [0.5, 0.6) is 0 Å². The van der Waals surface area contributed by atoms with E-state index >= 15 is 0 Å². The van der Waals surface area contributed by atoms with Gasteiger partial charge in [-0.2, -0.15) is 0 Å². The van der Waals surface area contributed by atoms with Gasteiger partial charge in [0.1, 0.15) is 5.03 Å². The average Bonchev–Trinajstić information content (AvgIpc) is 2.34. The van der Waals surface area contributed by atoms with Gasteiger partial charge >= 0.3 is 0 Å². The Labute approximate surface area is 108 Å². The lowest BCUT2D eigenvalue weighted by molar-refractivity contribution is 0.250. The Morgan fingerprint density at radius 1 is 1.41 bits per heavy atom. The summed E-state index contributed by atoms with van der Waals surface area (Å²) in [6, 6.07) is 4.55. The van der Waals surface area contributed by atoms with E-state index in [9.17, 15) is 0 Å². The minimum Gasteiger partial charge on any atom is -0.396 e. The summed E-state index contributed by atoms with van der Waals surface area (Å²) < 4.78 is 0. The van der Waals surface area contributed by atoms with E-state index in [0.717, 1.165) is 17.3 Å². The zero-order valence-corrected chi connectivity index (χ0v) is 11.6. The van der Waals surface area contributed by atoms with E-state index in [-0.39, 0.29) is 6.61 Å². The number of hydrogen-bond donors (Lipinski definition) is 2. The van der Waals surface area contributed by atoms with Crippen molar-refractivity contribution in [2.45, 2.75) is 38.4 Å². The number of aromatic nitrogens is 1. The van der Waals surface area contributed by atoms with E-state index < -0.39 is 0 Å². The molecule has 1 heterocycles. The van der Waals surface area contributed by atoms with Gasteiger partial charge in [-0.05, 0) is 17.5 Å². The van der Waals surface area contributed by atoms with Crippen LogP contribution in [0.3, 0.4) is 0 Å². The van der Waals surface area contributed by atoms with Crippen molar-refractivity contribution < 1.29 is 5.11 Å². The summed E-state index contributed by atoms with van der Waals surface area (Å²) in [5, 5.41) is 13.5. The lowest BCUT2D eigenvalue weighted by Crippen LogP contribution is -2.22. The fourth-order valence-corrected chi connectivity index (χ4v) is 2.29. The number of rotatable bonds is 7. The van der Waals surface area contributed by atoms with Crippen molar-refractivity contribution >= 4 is 11.8 Å². The van der Waals surface area contributed by atoms with Gasteiger partial charge in [0.25, 0.3) is 0 Å². The Kier molecular flexibility index (Phi) is 6.55. The van der Waals surface area contributed by atoms with Gasteiger partial charge in [0.15, 0.2) is 0 Å². The summed E-state index contributed by atoms with van der Waals surface area (Å²) in [5.41, 5.74) is 1.23. The van der Waals surface area contributed by atoms with Crippen LogP contribution < -0.4 is 5.32 Å². The molecule has 96 valence electrons. The Morgan fingerprint density at radius 3 is 2.82 bits per heavy atom. The van der Waals surface area contributed by atoms with Gasteiger partial charge < -0.3 is 10.4 Å². The highest BCUT2D eigenvalue weighted by molar-refractivity contribution is 7.99. The predicted octanol–water partition coefficient (Wildman–Crippen LogP) is 2.30. The second kappa shape index (κ2) is 7.69. The summed E-state index contributed by atoms with van der Waals surface area (Å²) in [4.78, 5) is 4.40. The van der Waals surface area contributed by atoms with Gasteiger partial charge in [-0.15, -0.1) is 11.8 Å². The normalized spacial score (nSPS) is 13.0. The number of aliphatic hydroxyl groups is 1. The molecule has 3 nitrogen and oxygen atoms in total. The van der Waals surface area contributed by atoms with Gasteiger partial charge in [0, 0.05) is 31.1 Å². The van der Waals surface area contributed by atoms with Crippen molar-refractivity contribution in [3.63, 3.8) is 0 Å². The van der Waals surface area contributed by atoms with E-state index in [1.807, 2.05) is 19.2 Å². The quantitative estimate of drug-likeness (QED) is 0.733. The highest BCUT2D eigenvalue weighted by atomic mass is 32.2. The SMILES string of the molecule is CC(CO)CSc1ncccc1CNC(C)C. The lowest BCUT2D eigenvalue weighted by Gasteiger charge is -2.12. The predicted molar refractivity (Wildman–Crippen MR) is 73.2 cm³/mol. The van der Waals surface area contributed by atoms with E-state index in [1.54, 1.807) is 11.8 Å². The zero-order chi connectivity index (χ0) is 12.7. The van der Waals surface area contributed by atoms with Crippen LogP contribution in [0.1, 0.15) is 26.3 Å². The molecular formula is C13H22N2OS. The number of aliphatic hydroxyl groups excluding tert-OH is 1. The zero-order valence-electron chi connectivity index (χ0n) is 10.8. The van der Waals surface area contributed by atoms with Crippen LogP contribution in [0.2, 0.25) is 0 Å². The maximum atomic E-state index is 9.01. The molecule has 0 radical (unpaired) electrons. The van der Waals surface area contributed by atoms with Crippen LogP contribution >= 0.6 is 11.8 Å². The van der Waals surface area contributed by atoms with Crippen molar-refractivity contribution in [2.24, 2.45) is 5.92 Å². The average molecular weight is 254 g/mol. The molecule has 1 atom stereocenters. The van der Waals surface area contributed by atoms with Crippen LogP contribution in [-0.2, 0) is 6.54 Å². The molecule has 1 aromatic heterocycles. The molecular weight excluding hydrogens is 232 g/mol. The molecule has 2 N–H and O–H groups in total. The van der Waals surface area contributed by atoms with Crippen molar-refractivity contribution in [3.05, 3.63) is 23.9 Å². The topological polar surface area (TPSA) is 45.2 Å². The number of thioether (sulfide) groups is 1. The van der Waals surface area contributed by atoms with Gasteiger partial charge in [-0.1, -0.05) is 26.8 Å². The standard InChI is InChI=1S/C13H22N2OS/c1-10(2)15-7-12-5-4-6-14-13(12)17-9-11(3)8-16/h4-6,10-11,15-16H,7-9H2,1-3H3. The van der Waals surface area contributed by atoms with Crippen molar-refractivity contribution in [1.82, 2.24) is 10.3 Å². The highest BCUT2D eigenvalue weighted by Crippen LogP contribution is 2.22. The summed E-state index contributed by atoms with van der Waals surface area (Å²) in [5.74, 6) is 1.22. The van der Waals surface area contributed by atoms with Crippen LogP contribution in [0.15, 0.2) is 23.4 Å². The minimum atomic E-state index is 0.236. The third-order valence-electron chi connectivity index (χ3n) is 2.37. The number of nitrogens with one attached hydrogen (secondary N) is 1. The molecule has 1 rings (SSSR count). The first-order valence-corrected chi connectivity index (χ1v) is 7.03. The van der Waals surface area contributed by atoms with Gasteiger partial charge in [-0.25, -0.2) is 4.98 Å². The van der Waals surface area contributed by atoms with Crippen molar-refractivity contribution in [2.75, 3.05) is 12.4 Å². The first kappa shape index (κ1) is 14.5. The highest BCUT2D eigenvalue weighted by Gasteiger charge is 2.07. The van der Waals surface area contributed by atoms with Crippen LogP contribution in [0.4, 0.5) is 0 Å². The monoisotopic (exact) mass is 254 g/mol. The maximum absolute atomic E-state index is 9.01. The maximum Gasteiger partial charge on any atom is 0.100 e. The Balaban J connectivity index is 2.57. The molecule has 0 bridgehead atoms. The Hall–Kier alpha value is -0.580. The summed E-state index contributed by atoms with van der Waals surface area (Å²) in [6.07, 6.45) is 1.82. The minimum absolute atomic E-state index is 0.236. The number of pyridine rings is 1. The van der Waals surface area contributed by atoms with Gasteiger partial charge in [-0.3, -0.25) is 0 Å². The fraction of sp³-hybridized carbons (Fsp3) is 0.615. The van der Waals surface area contributed by atoms with Crippen LogP contribution in [0.25, 0.3) is 0 Å². The van der Waals surface area contributed by atoms with Gasteiger partial charge in [0.2, 0.25) is 0 Å². The van der Waals surface area contributed by atoms with Crippen LogP contribution in [0, 0.1) is 5.92 Å². The van der Waals surface area contributed by atoms with Gasteiger partial charge in [0.05, 0.1) is 0 Å². The van der Waals surface area contributed by atoms with E-state index in [4.69, 9.17) is 5.11 Å². The van der Waals surface area contributed by atoms with Crippen molar-refractivity contribution in [3.8, 4) is 0 Å². The Bertz CT molecular complexity index is 331. The third-order valence-corrected chi connectivity index (χ3v) is 3.74. The molecule has 0 aromatic carbocycles. The molecule has 0 spiro atoms. The molecule has 0 aliphatic heterocycles. The molecule has 0 aliphatic rings. The van der Waals surface area contributed by atoms with Crippen molar-refractivity contribution in [1.29, 1.82) is 0 Å².